The van der Waals surface area contributed by atoms with E-state index in [0.29, 0.717) is 22.8 Å². The molecular formula is C17H26Br2O. The highest BCUT2D eigenvalue weighted by Gasteiger charge is 2.19. The van der Waals surface area contributed by atoms with Crippen LogP contribution in [0, 0.1) is 11.3 Å². The number of hydrogen-bond acceptors (Lipinski definition) is 1. The molecule has 0 fully saturated rings. The summed E-state index contributed by atoms with van der Waals surface area (Å²) in [5.41, 5.74) is 1.70. The maximum atomic E-state index is 5.56. The minimum absolute atomic E-state index is 0.394. The van der Waals surface area contributed by atoms with Gasteiger partial charge in [0.1, 0.15) is 5.75 Å². The molecule has 1 nitrogen and oxygen atoms in total. The second kappa shape index (κ2) is 7.84. The zero-order valence-corrected chi connectivity index (χ0v) is 16.3. The number of ether oxygens (including phenoxy) is 1. The first-order chi connectivity index (χ1) is 9.23. The van der Waals surface area contributed by atoms with Crippen molar-refractivity contribution in [1.29, 1.82) is 0 Å². The quantitative estimate of drug-likeness (QED) is 0.475. The van der Waals surface area contributed by atoms with E-state index in [-0.39, 0.29) is 0 Å². The predicted octanol–water partition coefficient (Wildman–Crippen LogP) is 6.75. The number of hydrogen-bond donors (Lipinski definition) is 0. The van der Waals surface area contributed by atoms with Crippen LogP contribution in [0.25, 0.3) is 0 Å². The molecule has 1 aromatic rings. The van der Waals surface area contributed by atoms with Crippen LogP contribution < -0.4 is 4.74 Å². The molecule has 114 valence electrons. The monoisotopic (exact) mass is 404 g/mol. The topological polar surface area (TPSA) is 9.23 Å². The van der Waals surface area contributed by atoms with Crippen LogP contribution in [0.4, 0.5) is 0 Å². The van der Waals surface area contributed by atoms with E-state index in [2.05, 4.69) is 71.7 Å². The Labute approximate surface area is 140 Å². The average molecular weight is 406 g/mol. The molecule has 2 unspecified atom stereocenters. The summed E-state index contributed by atoms with van der Waals surface area (Å²) in [6.07, 6.45) is 2.39. The summed E-state index contributed by atoms with van der Waals surface area (Å²) in [7, 11) is 0. The minimum Gasteiger partial charge on any atom is -0.493 e. The number of alkyl halides is 1. The Bertz CT molecular complexity index is 423. The van der Waals surface area contributed by atoms with Crippen LogP contribution in [-0.4, -0.2) is 6.61 Å². The van der Waals surface area contributed by atoms with Crippen molar-refractivity contribution in [2.75, 3.05) is 6.61 Å². The van der Waals surface area contributed by atoms with E-state index >= 15 is 0 Å². The summed E-state index contributed by atoms with van der Waals surface area (Å²) < 4.78 is 6.59. The van der Waals surface area contributed by atoms with E-state index in [1.165, 1.54) is 12.0 Å². The van der Waals surface area contributed by atoms with Crippen molar-refractivity contribution in [2.24, 2.45) is 11.3 Å². The number of benzene rings is 1. The Balaban J connectivity index is 2.68. The predicted molar refractivity (Wildman–Crippen MR) is 94.8 cm³/mol. The minimum atomic E-state index is 0.394. The molecule has 3 heteroatoms. The molecule has 0 aliphatic carbocycles. The lowest BCUT2D eigenvalue weighted by Crippen LogP contribution is -2.12. The highest BCUT2D eigenvalue weighted by Crippen LogP contribution is 2.37. The smallest absolute Gasteiger partial charge is 0.133 e. The van der Waals surface area contributed by atoms with E-state index in [0.717, 1.165) is 16.6 Å². The van der Waals surface area contributed by atoms with E-state index in [1.807, 2.05) is 13.0 Å². The Hall–Kier alpha value is -0.0200. The van der Waals surface area contributed by atoms with Gasteiger partial charge < -0.3 is 4.74 Å². The number of rotatable bonds is 6. The van der Waals surface area contributed by atoms with Crippen molar-refractivity contribution in [2.45, 2.75) is 52.3 Å². The van der Waals surface area contributed by atoms with Crippen molar-refractivity contribution in [3.8, 4) is 5.75 Å². The van der Waals surface area contributed by atoms with E-state index in [9.17, 15) is 0 Å². The van der Waals surface area contributed by atoms with Crippen LogP contribution in [0.2, 0.25) is 0 Å². The second-order valence-corrected chi connectivity index (χ2v) is 8.66. The van der Waals surface area contributed by atoms with Gasteiger partial charge in [-0.1, -0.05) is 49.7 Å². The molecule has 0 amide bonds. The van der Waals surface area contributed by atoms with Crippen LogP contribution in [0.3, 0.4) is 0 Å². The van der Waals surface area contributed by atoms with E-state index in [4.69, 9.17) is 4.74 Å². The Morgan fingerprint density at radius 3 is 2.40 bits per heavy atom. The van der Waals surface area contributed by atoms with Gasteiger partial charge in [-0.15, -0.1) is 0 Å². The largest absolute Gasteiger partial charge is 0.493 e. The summed E-state index contributed by atoms with van der Waals surface area (Å²) >= 11 is 7.42. The van der Waals surface area contributed by atoms with Crippen molar-refractivity contribution in [3.63, 3.8) is 0 Å². The van der Waals surface area contributed by atoms with Gasteiger partial charge in [-0.3, -0.25) is 0 Å². The van der Waals surface area contributed by atoms with Crippen LogP contribution in [-0.2, 0) is 0 Å². The normalized spacial score (nSPS) is 14.9. The lowest BCUT2D eigenvalue weighted by atomic mass is 9.83. The van der Waals surface area contributed by atoms with Crippen molar-refractivity contribution < 1.29 is 4.74 Å². The standard InChI is InChI=1S/C17H26Br2O/c1-6-20-16-8-7-13(10-15(16)19)14(18)9-12(2)11-17(3,4)5/h7-8,10,12,14H,6,9,11H2,1-5H3. The fraction of sp³-hybridized carbons (Fsp3) is 0.647. The van der Waals surface area contributed by atoms with Gasteiger partial charge in [0.25, 0.3) is 0 Å². The van der Waals surface area contributed by atoms with Crippen molar-refractivity contribution >= 4 is 31.9 Å². The molecule has 0 heterocycles. The summed E-state index contributed by atoms with van der Waals surface area (Å²) in [6.45, 7) is 11.9. The molecule has 1 aromatic carbocycles. The highest BCUT2D eigenvalue weighted by atomic mass is 79.9. The Kier molecular flexibility index (Phi) is 7.07. The molecule has 0 spiro atoms. The lowest BCUT2D eigenvalue weighted by molar-refractivity contribution is 0.296. The van der Waals surface area contributed by atoms with Gasteiger partial charge in [0.2, 0.25) is 0 Å². The average Bonchev–Trinajstić information content (AvgIpc) is 2.29. The lowest BCUT2D eigenvalue weighted by Gasteiger charge is -2.25. The molecule has 0 aromatic heterocycles. The molecule has 0 aliphatic heterocycles. The maximum absolute atomic E-state index is 5.56. The van der Waals surface area contributed by atoms with Gasteiger partial charge in [-0.2, -0.15) is 0 Å². The number of halogens is 2. The first kappa shape index (κ1) is 18.0. The molecular weight excluding hydrogens is 380 g/mol. The highest BCUT2D eigenvalue weighted by molar-refractivity contribution is 9.10. The van der Waals surface area contributed by atoms with Crippen molar-refractivity contribution in [3.05, 3.63) is 28.2 Å². The molecule has 0 N–H and O–H groups in total. The third-order valence-corrected chi connectivity index (χ3v) is 4.71. The fourth-order valence-corrected chi connectivity index (χ4v) is 4.04. The maximum Gasteiger partial charge on any atom is 0.133 e. The van der Waals surface area contributed by atoms with Gasteiger partial charge in [0.15, 0.2) is 0 Å². The molecule has 1 rings (SSSR count). The summed E-state index contributed by atoms with van der Waals surface area (Å²) in [5.74, 6) is 1.61. The van der Waals surface area contributed by atoms with Gasteiger partial charge >= 0.3 is 0 Å². The van der Waals surface area contributed by atoms with Crippen LogP contribution in [0.5, 0.6) is 5.75 Å². The first-order valence-electron chi connectivity index (χ1n) is 7.29. The summed E-state index contributed by atoms with van der Waals surface area (Å²) in [5, 5.41) is 0. The van der Waals surface area contributed by atoms with Gasteiger partial charge in [0.05, 0.1) is 11.1 Å². The third kappa shape index (κ3) is 6.17. The summed E-state index contributed by atoms with van der Waals surface area (Å²) in [6, 6.07) is 6.36. The molecule has 20 heavy (non-hydrogen) atoms. The molecule has 0 bridgehead atoms. The third-order valence-electron chi connectivity index (χ3n) is 3.19. The second-order valence-electron chi connectivity index (χ2n) is 6.70. The molecule has 0 radical (unpaired) electrons. The SMILES string of the molecule is CCOc1ccc(C(Br)CC(C)CC(C)(C)C)cc1Br. The van der Waals surface area contributed by atoms with E-state index < -0.39 is 0 Å². The molecule has 2 atom stereocenters. The van der Waals surface area contributed by atoms with Gasteiger partial charge in [0, 0.05) is 4.83 Å². The van der Waals surface area contributed by atoms with E-state index in [1.54, 1.807) is 0 Å². The zero-order chi connectivity index (χ0) is 15.3. The molecule has 0 saturated heterocycles. The Morgan fingerprint density at radius 1 is 1.25 bits per heavy atom. The first-order valence-corrected chi connectivity index (χ1v) is 9.00. The molecule has 0 aliphatic rings. The molecule has 0 saturated carbocycles. The van der Waals surface area contributed by atoms with Gasteiger partial charge in [-0.05, 0) is 64.7 Å². The fourth-order valence-electron chi connectivity index (χ4n) is 2.60. The van der Waals surface area contributed by atoms with Crippen molar-refractivity contribution in [1.82, 2.24) is 0 Å². The van der Waals surface area contributed by atoms with Gasteiger partial charge in [-0.25, -0.2) is 0 Å². The summed E-state index contributed by atoms with van der Waals surface area (Å²) in [4.78, 5) is 0.395. The Morgan fingerprint density at radius 2 is 1.90 bits per heavy atom. The zero-order valence-electron chi connectivity index (χ0n) is 13.2. The van der Waals surface area contributed by atoms with Crippen LogP contribution >= 0.6 is 31.9 Å². The van der Waals surface area contributed by atoms with Crippen LogP contribution in [0.1, 0.15) is 57.9 Å². The van der Waals surface area contributed by atoms with Crippen LogP contribution in [0.15, 0.2) is 22.7 Å².